The van der Waals surface area contributed by atoms with Crippen molar-refractivity contribution in [2.75, 3.05) is 18.6 Å². The summed E-state index contributed by atoms with van der Waals surface area (Å²) in [5.41, 5.74) is 1.20. The van der Waals surface area contributed by atoms with Crippen LogP contribution in [0, 0.1) is 5.92 Å². The van der Waals surface area contributed by atoms with E-state index in [9.17, 15) is 0 Å². The van der Waals surface area contributed by atoms with Crippen LogP contribution >= 0.6 is 11.8 Å². The predicted octanol–water partition coefficient (Wildman–Crippen LogP) is 3.37. The molecule has 19 heavy (non-hydrogen) atoms. The SMILES string of the molecule is CCC(C)n1ccc(CC(CSCC(C)C)NC)n1. The first-order valence-electron chi connectivity index (χ1n) is 7.35. The Morgan fingerprint density at radius 3 is 2.63 bits per heavy atom. The first-order valence-corrected chi connectivity index (χ1v) is 8.51. The van der Waals surface area contributed by atoms with Crippen molar-refractivity contribution < 1.29 is 0 Å². The molecular weight excluding hydrogens is 254 g/mol. The fourth-order valence-electron chi connectivity index (χ4n) is 1.86. The van der Waals surface area contributed by atoms with Crippen LogP contribution in [0.3, 0.4) is 0 Å². The van der Waals surface area contributed by atoms with E-state index in [1.807, 2.05) is 18.8 Å². The summed E-state index contributed by atoms with van der Waals surface area (Å²) in [6.45, 7) is 8.96. The van der Waals surface area contributed by atoms with Crippen LogP contribution in [0.25, 0.3) is 0 Å². The van der Waals surface area contributed by atoms with Crippen molar-refractivity contribution in [1.29, 1.82) is 0 Å². The lowest BCUT2D eigenvalue weighted by Crippen LogP contribution is -2.30. The lowest BCUT2D eigenvalue weighted by atomic mass is 10.2. The Morgan fingerprint density at radius 1 is 1.32 bits per heavy atom. The van der Waals surface area contributed by atoms with Crippen molar-refractivity contribution in [3.63, 3.8) is 0 Å². The molecule has 0 aliphatic rings. The van der Waals surface area contributed by atoms with Crippen molar-refractivity contribution in [3.8, 4) is 0 Å². The molecule has 0 aliphatic carbocycles. The van der Waals surface area contributed by atoms with Gasteiger partial charge in [-0.25, -0.2) is 0 Å². The third-order valence-electron chi connectivity index (χ3n) is 3.34. The fourth-order valence-corrected chi connectivity index (χ4v) is 3.04. The molecule has 1 rings (SSSR count). The van der Waals surface area contributed by atoms with Crippen LogP contribution in [0.4, 0.5) is 0 Å². The van der Waals surface area contributed by atoms with Gasteiger partial charge in [-0.2, -0.15) is 16.9 Å². The minimum Gasteiger partial charge on any atom is -0.316 e. The Kier molecular flexibility index (Phi) is 7.54. The van der Waals surface area contributed by atoms with Gasteiger partial charge in [-0.1, -0.05) is 20.8 Å². The van der Waals surface area contributed by atoms with Gasteiger partial charge in [0.2, 0.25) is 0 Å². The number of thioether (sulfide) groups is 1. The second-order valence-corrected chi connectivity index (χ2v) is 6.74. The molecule has 1 aromatic heterocycles. The number of nitrogens with one attached hydrogen (secondary N) is 1. The minimum absolute atomic E-state index is 0.497. The zero-order chi connectivity index (χ0) is 14.3. The summed E-state index contributed by atoms with van der Waals surface area (Å²) in [5, 5.41) is 8.09. The second-order valence-electron chi connectivity index (χ2n) is 5.67. The van der Waals surface area contributed by atoms with Gasteiger partial charge in [-0.3, -0.25) is 4.68 Å². The number of rotatable bonds is 9. The third kappa shape index (κ3) is 6.00. The maximum atomic E-state index is 4.68. The number of hydrogen-bond acceptors (Lipinski definition) is 3. The summed E-state index contributed by atoms with van der Waals surface area (Å²) >= 11 is 2.03. The number of nitrogens with zero attached hydrogens (tertiary/aromatic N) is 2. The van der Waals surface area contributed by atoms with E-state index in [-0.39, 0.29) is 0 Å². The van der Waals surface area contributed by atoms with Gasteiger partial charge in [0.25, 0.3) is 0 Å². The molecule has 0 saturated carbocycles. The van der Waals surface area contributed by atoms with Crippen molar-refractivity contribution in [1.82, 2.24) is 15.1 Å². The Balaban J connectivity index is 2.44. The molecule has 0 amide bonds. The Morgan fingerprint density at radius 2 is 2.05 bits per heavy atom. The van der Waals surface area contributed by atoms with Gasteiger partial charge in [0, 0.05) is 30.5 Å². The average molecular weight is 283 g/mol. The highest BCUT2D eigenvalue weighted by molar-refractivity contribution is 7.99. The summed E-state index contributed by atoms with van der Waals surface area (Å²) < 4.78 is 2.09. The molecule has 0 aromatic carbocycles. The van der Waals surface area contributed by atoms with Gasteiger partial charge in [0.05, 0.1) is 5.69 Å². The molecule has 2 atom stereocenters. The first kappa shape index (κ1) is 16.6. The molecule has 0 saturated heterocycles. The van der Waals surface area contributed by atoms with Gasteiger partial charge >= 0.3 is 0 Å². The van der Waals surface area contributed by atoms with E-state index in [2.05, 4.69) is 55.1 Å². The quantitative estimate of drug-likeness (QED) is 0.753. The number of aromatic nitrogens is 2. The predicted molar refractivity (Wildman–Crippen MR) is 85.9 cm³/mol. The van der Waals surface area contributed by atoms with Crippen molar-refractivity contribution in [2.24, 2.45) is 5.92 Å². The van der Waals surface area contributed by atoms with E-state index < -0.39 is 0 Å². The van der Waals surface area contributed by atoms with Crippen LogP contribution in [-0.4, -0.2) is 34.4 Å². The molecule has 0 aliphatic heterocycles. The van der Waals surface area contributed by atoms with Crippen LogP contribution in [0.15, 0.2) is 12.3 Å². The van der Waals surface area contributed by atoms with E-state index >= 15 is 0 Å². The summed E-state index contributed by atoms with van der Waals surface area (Å²) in [5.74, 6) is 3.16. The summed E-state index contributed by atoms with van der Waals surface area (Å²) in [6, 6.07) is 3.17. The molecule has 1 heterocycles. The molecule has 0 fully saturated rings. The molecule has 1 N–H and O–H groups in total. The van der Waals surface area contributed by atoms with Gasteiger partial charge in [0.1, 0.15) is 0 Å². The monoisotopic (exact) mass is 283 g/mol. The van der Waals surface area contributed by atoms with Crippen LogP contribution < -0.4 is 5.32 Å². The molecule has 4 heteroatoms. The minimum atomic E-state index is 0.497. The smallest absolute Gasteiger partial charge is 0.0640 e. The normalized spacial score (nSPS) is 14.8. The Labute approximate surface area is 122 Å². The highest BCUT2D eigenvalue weighted by Crippen LogP contribution is 2.13. The summed E-state index contributed by atoms with van der Waals surface area (Å²) in [6.07, 6.45) is 4.25. The summed E-state index contributed by atoms with van der Waals surface area (Å²) in [7, 11) is 2.05. The molecular formula is C15H29N3S. The van der Waals surface area contributed by atoms with Crippen LogP contribution in [0.5, 0.6) is 0 Å². The van der Waals surface area contributed by atoms with Crippen LogP contribution in [0.1, 0.15) is 45.9 Å². The zero-order valence-electron chi connectivity index (χ0n) is 13.0. The third-order valence-corrected chi connectivity index (χ3v) is 4.88. The van der Waals surface area contributed by atoms with Crippen LogP contribution in [-0.2, 0) is 6.42 Å². The van der Waals surface area contributed by atoms with Crippen molar-refractivity contribution in [3.05, 3.63) is 18.0 Å². The highest BCUT2D eigenvalue weighted by atomic mass is 32.2. The topological polar surface area (TPSA) is 29.9 Å². The Hall–Kier alpha value is -0.480. The molecule has 0 spiro atoms. The van der Waals surface area contributed by atoms with Gasteiger partial charge in [0.15, 0.2) is 0 Å². The van der Waals surface area contributed by atoms with E-state index in [0.29, 0.717) is 12.1 Å². The zero-order valence-corrected chi connectivity index (χ0v) is 13.8. The maximum absolute atomic E-state index is 4.68. The van der Waals surface area contributed by atoms with E-state index in [1.54, 1.807) is 0 Å². The van der Waals surface area contributed by atoms with Crippen molar-refractivity contribution in [2.45, 2.75) is 52.6 Å². The Bertz CT molecular complexity index is 349. The van der Waals surface area contributed by atoms with Gasteiger partial charge in [-0.15, -0.1) is 0 Å². The van der Waals surface area contributed by atoms with Gasteiger partial charge in [-0.05, 0) is 38.1 Å². The second kappa shape index (κ2) is 8.64. The molecule has 110 valence electrons. The van der Waals surface area contributed by atoms with Gasteiger partial charge < -0.3 is 5.32 Å². The lowest BCUT2D eigenvalue weighted by Gasteiger charge is -2.15. The lowest BCUT2D eigenvalue weighted by molar-refractivity contribution is 0.470. The molecule has 0 radical (unpaired) electrons. The molecule has 3 nitrogen and oxygen atoms in total. The standard InChI is InChI=1S/C15H29N3S/c1-6-13(4)18-8-7-14(17-18)9-15(16-5)11-19-10-12(2)3/h7-8,12-13,15-16H,6,9-11H2,1-5H3. The summed E-state index contributed by atoms with van der Waals surface area (Å²) in [4.78, 5) is 0. The number of likely N-dealkylation sites (N-methyl/N-ethyl adjacent to an activating group) is 1. The average Bonchev–Trinajstić information content (AvgIpc) is 2.84. The highest BCUT2D eigenvalue weighted by Gasteiger charge is 2.11. The molecule has 1 aromatic rings. The molecule has 0 bridgehead atoms. The van der Waals surface area contributed by atoms with E-state index in [4.69, 9.17) is 0 Å². The van der Waals surface area contributed by atoms with E-state index in [1.165, 1.54) is 11.4 Å². The molecule has 2 unspecified atom stereocenters. The largest absolute Gasteiger partial charge is 0.316 e. The number of hydrogen-bond donors (Lipinski definition) is 1. The first-order chi connectivity index (χ1) is 9.06. The maximum Gasteiger partial charge on any atom is 0.0640 e. The van der Waals surface area contributed by atoms with E-state index in [0.717, 1.165) is 24.5 Å². The fraction of sp³-hybridized carbons (Fsp3) is 0.800. The van der Waals surface area contributed by atoms with Crippen LogP contribution in [0.2, 0.25) is 0 Å². The van der Waals surface area contributed by atoms with Crippen molar-refractivity contribution >= 4 is 11.8 Å².